The number of nitrogens with zero attached hydrogens (tertiary/aromatic N) is 1. The average Bonchev–Trinajstić information content (AvgIpc) is 2.79. The van der Waals surface area contributed by atoms with Gasteiger partial charge in [0.25, 0.3) is 0 Å². The van der Waals surface area contributed by atoms with Crippen LogP contribution in [0.3, 0.4) is 0 Å². The van der Waals surface area contributed by atoms with E-state index in [1.54, 1.807) is 7.11 Å². The van der Waals surface area contributed by atoms with E-state index in [0.29, 0.717) is 5.11 Å². The predicted molar refractivity (Wildman–Crippen MR) is 77.4 cm³/mol. The fourth-order valence-corrected chi connectivity index (χ4v) is 4.93. The fourth-order valence-electron chi connectivity index (χ4n) is 2.65. The molecule has 1 N–H and O–H groups in total. The lowest BCUT2D eigenvalue weighted by Crippen LogP contribution is -2.36. The third-order valence-corrected chi connectivity index (χ3v) is 5.56. The van der Waals surface area contributed by atoms with Crippen molar-refractivity contribution >= 4 is 32.9 Å². The van der Waals surface area contributed by atoms with Gasteiger partial charge in [0, 0.05) is 5.69 Å². The average molecular weight is 298 g/mol. The Balaban J connectivity index is 1.92. The zero-order valence-corrected chi connectivity index (χ0v) is 12.0. The molecular formula is C12H14N2O3S2. The molecule has 0 amide bonds. The van der Waals surface area contributed by atoms with Crippen molar-refractivity contribution in [1.29, 1.82) is 0 Å². The number of fused-ring (bicyclic) bond motifs is 1. The maximum absolute atomic E-state index is 11.7. The monoisotopic (exact) mass is 298 g/mol. The van der Waals surface area contributed by atoms with Crippen LogP contribution in [0.2, 0.25) is 0 Å². The van der Waals surface area contributed by atoms with Crippen molar-refractivity contribution < 1.29 is 13.2 Å². The zero-order valence-electron chi connectivity index (χ0n) is 10.4. The van der Waals surface area contributed by atoms with Crippen molar-refractivity contribution in [2.75, 3.05) is 23.5 Å². The molecule has 0 radical (unpaired) electrons. The molecule has 2 atom stereocenters. The minimum Gasteiger partial charge on any atom is -0.497 e. The molecule has 0 aromatic heterocycles. The number of hydrogen-bond acceptors (Lipinski definition) is 4. The van der Waals surface area contributed by atoms with Crippen LogP contribution in [0.15, 0.2) is 24.3 Å². The molecule has 19 heavy (non-hydrogen) atoms. The first-order valence-electron chi connectivity index (χ1n) is 5.94. The van der Waals surface area contributed by atoms with E-state index in [2.05, 4.69) is 5.32 Å². The van der Waals surface area contributed by atoms with Crippen LogP contribution >= 0.6 is 12.2 Å². The molecule has 0 aliphatic carbocycles. The molecule has 0 bridgehead atoms. The Morgan fingerprint density at radius 2 is 2.00 bits per heavy atom. The second-order valence-electron chi connectivity index (χ2n) is 4.77. The minimum absolute atomic E-state index is 0.0976. The van der Waals surface area contributed by atoms with Gasteiger partial charge < -0.3 is 15.0 Å². The van der Waals surface area contributed by atoms with E-state index >= 15 is 0 Å². The third-order valence-electron chi connectivity index (χ3n) is 3.53. The lowest BCUT2D eigenvalue weighted by Gasteiger charge is -2.23. The lowest BCUT2D eigenvalue weighted by molar-refractivity contribution is 0.415. The van der Waals surface area contributed by atoms with Crippen LogP contribution in [0.1, 0.15) is 0 Å². The topological polar surface area (TPSA) is 58.6 Å². The molecule has 2 aliphatic rings. The number of nitrogens with one attached hydrogen (secondary N) is 1. The summed E-state index contributed by atoms with van der Waals surface area (Å²) in [5.41, 5.74) is 0.892. The van der Waals surface area contributed by atoms with Gasteiger partial charge in [-0.2, -0.15) is 0 Å². The van der Waals surface area contributed by atoms with Gasteiger partial charge in [0.05, 0.1) is 30.7 Å². The molecule has 2 heterocycles. The van der Waals surface area contributed by atoms with Crippen molar-refractivity contribution in [3.63, 3.8) is 0 Å². The predicted octanol–water partition coefficient (Wildman–Crippen LogP) is 0.555. The largest absolute Gasteiger partial charge is 0.497 e. The summed E-state index contributed by atoms with van der Waals surface area (Å²) in [7, 11) is -1.36. The van der Waals surface area contributed by atoms with Gasteiger partial charge in [-0.15, -0.1) is 0 Å². The summed E-state index contributed by atoms with van der Waals surface area (Å²) in [5.74, 6) is 1.07. The van der Waals surface area contributed by atoms with E-state index in [0.717, 1.165) is 11.4 Å². The maximum atomic E-state index is 11.7. The Bertz CT molecular complexity index is 612. The van der Waals surface area contributed by atoms with Crippen molar-refractivity contribution in [2.45, 2.75) is 12.1 Å². The normalized spacial score (nSPS) is 28.1. The van der Waals surface area contributed by atoms with Gasteiger partial charge in [0.1, 0.15) is 5.75 Å². The molecule has 0 spiro atoms. The van der Waals surface area contributed by atoms with Crippen LogP contribution in [0, 0.1) is 0 Å². The van der Waals surface area contributed by atoms with E-state index in [1.807, 2.05) is 29.2 Å². The summed E-state index contributed by atoms with van der Waals surface area (Å²) in [6, 6.07) is 7.26. The molecule has 3 rings (SSSR count). The molecule has 1 aromatic rings. The first kappa shape index (κ1) is 12.7. The molecule has 5 nitrogen and oxygen atoms in total. The van der Waals surface area contributed by atoms with Crippen LogP contribution in [0.4, 0.5) is 5.69 Å². The smallest absolute Gasteiger partial charge is 0.174 e. The van der Waals surface area contributed by atoms with Gasteiger partial charge in [-0.05, 0) is 36.5 Å². The second kappa shape index (κ2) is 4.35. The van der Waals surface area contributed by atoms with Crippen molar-refractivity contribution in [3.8, 4) is 5.75 Å². The Hall–Kier alpha value is -1.34. The Morgan fingerprint density at radius 1 is 1.32 bits per heavy atom. The number of sulfone groups is 1. The summed E-state index contributed by atoms with van der Waals surface area (Å²) in [4.78, 5) is 1.89. The first-order valence-corrected chi connectivity index (χ1v) is 8.17. The summed E-state index contributed by atoms with van der Waals surface area (Å²) >= 11 is 5.30. The van der Waals surface area contributed by atoms with Gasteiger partial charge in [0.15, 0.2) is 14.9 Å². The van der Waals surface area contributed by atoms with Crippen LogP contribution in [0.5, 0.6) is 5.75 Å². The summed E-state index contributed by atoms with van der Waals surface area (Å²) in [6.07, 6.45) is 0. The number of rotatable bonds is 2. The van der Waals surface area contributed by atoms with Gasteiger partial charge in [-0.25, -0.2) is 8.42 Å². The number of methoxy groups -OCH3 is 1. The number of ether oxygens (including phenoxy) is 1. The Labute approximate surface area is 117 Å². The van der Waals surface area contributed by atoms with Crippen LogP contribution in [-0.4, -0.2) is 44.2 Å². The molecule has 7 heteroatoms. The Kier molecular flexibility index (Phi) is 2.90. The van der Waals surface area contributed by atoms with Crippen molar-refractivity contribution in [3.05, 3.63) is 24.3 Å². The maximum Gasteiger partial charge on any atom is 0.174 e. The van der Waals surface area contributed by atoms with E-state index < -0.39 is 9.84 Å². The number of anilines is 1. The standard InChI is InChI=1S/C12H14N2O3S2/c1-17-9-4-2-8(3-5-9)14-11-7-19(15,16)6-10(11)13-12(14)18/h2-5,10-11H,6-7H2,1H3,(H,13,18)/t10-,11+/m0/s1. The van der Waals surface area contributed by atoms with Gasteiger partial charge in [-0.1, -0.05) is 0 Å². The van der Waals surface area contributed by atoms with Crippen LogP contribution < -0.4 is 15.0 Å². The lowest BCUT2D eigenvalue weighted by atomic mass is 10.1. The van der Waals surface area contributed by atoms with E-state index in [9.17, 15) is 8.42 Å². The van der Waals surface area contributed by atoms with Crippen molar-refractivity contribution in [1.82, 2.24) is 5.32 Å². The highest BCUT2D eigenvalue weighted by molar-refractivity contribution is 7.91. The number of benzene rings is 1. The summed E-state index contributed by atoms with van der Waals surface area (Å²) < 4.78 is 28.5. The quantitative estimate of drug-likeness (QED) is 0.805. The van der Waals surface area contributed by atoms with Crippen LogP contribution in [0.25, 0.3) is 0 Å². The minimum atomic E-state index is -2.97. The highest BCUT2D eigenvalue weighted by Gasteiger charge is 2.47. The SMILES string of the molecule is COc1ccc(N2C(=S)N[C@H]3CS(=O)(=O)C[C@H]32)cc1. The molecule has 0 unspecified atom stereocenters. The highest BCUT2D eigenvalue weighted by Crippen LogP contribution is 2.30. The second-order valence-corrected chi connectivity index (χ2v) is 7.31. The molecular weight excluding hydrogens is 284 g/mol. The first-order chi connectivity index (χ1) is 9.00. The Morgan fingerprint density at radius 3 is 2.63 bits per heavy atom. The highest BCUT2D eigenvalue weighted by atomic mass is 32.2. The number of hydrogen-bond donors (Lipinski definition) is 1. The molecule has 0 saturated carbocycles. The molecule has 2 saturated heterocycles. The van der Waals surface area contributed by atoms with Gasteiger partial charge in [-0.3, -0.25) is 0 Å². The third kappa shape index (κ3) is 2.17. The number of thiocarbonyl (C=S) groups is 1. The van der Waals surface area contributed by atoms with Gasteiger partial charge in [0.2, 0.25) is 0 Å². The van der Waals surface area contributed by atoms with Gasteiger partial charge >= 0.3 is 0 Å². The molecule has 1 aromatic carbocycles. The fraction of sp³-hybridized carbons (Fsp3) is 0.417. The molecule has 2 aliphatic heterocycles. The van der Waals surface area contributed by atoms with Crippen molar-refractivity contribution in [2.24, 2.45) is 0 Å². The summed E-state index contributed by atoms with van der Waals surface area (Å²) in [5, 5.41) is 3.69. The van der Waals surface area contributed by atoms with E-state index in [4.69, 9.17) is 17.0 Å². The van der Waals surface area contributed by atoms with Crippen LogP contribution in [-0.2, 0) is 9.84 Å². The molecule has 102 valence electrons. The van der Waals surface area contributed by atoms with E-state index in [1.165, 1.54) is 0 Å². The van der Waals surface area contributed by atoms with E-state index in [-0.39, 0.29) is 23.6 Å². The summed E-state index contributed by atoms with van der Waals surface area (Å²) in [6.45, 7) is 0. The zero-order chi connectivity index (χ0) is 13.6. The molecule has 2 fully saturated rings.